The van der Waals surface area contributed by atoms with E-state index in [4.69, 9.17) is 0 Å². The van der Waals surface area contributed by atoms with Crippen LogP contribution in [0.25, 0.3) is 0 Å². The van der Waals surface area contributed by atoms with Gasteiger partial charge in [0.2, 0.25) is 10.0 Å². The standard InChI is InChI=1S/C19H32N4O3S.HI/c1-3-20-19(21-13-5-6-16-7-9-18(24)10-8-16)22-17-11-14-23(15-12-17)27(25,26)4-2;/h7-10,17,24H,3-6,11-15H2,1-2H3,(H2,20,21,22);1H. The Balaban J connectivity index is 0.00000392. The van der Waals surface area contributed by atoms with E-state index in [1.807, 2.05) is 19.1 Å². The third-order valence-electron chi connectivity index (χ3n) is 4.73. The second kappa shape index (κ2) is 12.5. The highest BCUT2D eigenvalue weighted by molar-refractivity contribution is 14.0. The lowest BCUT2D eigenvalue weighted by molar-refractivity contribution is 0.306. The summed E-state index contributed by atoms with van der Waals surface area (Å²) in [6.45, 7) is 6.34. The molecule has 9 heteroatoms. The van der Waals surface area contributed by atoms with Gasteiger partial charge in [-0.05, 0) is 57.2 Å². The predicted molar refractivity (Wildman–Crippen MR) is 125 cm³/mol. The van der Waals surface area contributed by atoms with Gasteiger partial charge in [0.1, 0.15) is 5.75 Å². The van der Waals surface area contributed by atoms with Gasteiger partial charge in [-0.1, -0.05) is 12.1 Å². The molecule has 1 aromatic carbocycles. The number of nitrogens with one attached hydrogen (secondary N) is 2. The molecule has 0 bridgehead atoms. The van der Waals surface area contributed by atoms with E-state index < -0.39 is 10.0 Å². The van der Waals surface area contributed by atoms with Crippen LogP contribution in [0.3, 0.4) is 0 Å². The first-order chi connectivity index (χ1) is 12.9. The molecule has 0 amide bonds. The van der Waals surface area contributed by atoms with Crippen LogP contribution in [0.4, 0.5) is 0 Å². The second-order valence-corrected chi connectivity index (χ2v) is 9.01. The van der Waals surface area contributed by atoms with Crippen molar-refractivity contribution in [3.05, 3.63) is 29.8 Å². The molecule has 0 spiro atoms. The van der Waals surface area contributed by atoms with E-state index in [0.717, 1.165) is 38.2 Å². The molecule has 3 N–H and O–H groups in total. The molecule has 1 aromatic rings. The van der Waals surface area contributed by atoms with Crippen LogP contribution in [-0.2, 0) is 16.4 Å². The smallest absolute Gasteiger partial charge is 0.213 e. The molecule has 0 saturated carbocycles. The number of hydrogen-bond donors (Lipinski definition) is 3. The number of halogens is 1. The van der Waals surface area contributed by atoms with E-state index in [2.05, 4.69) is 15.6 Å². The second-order valence-electron chi connectivity index (χ2n) is 6.75. The summed E-state index contributed by atoms with van der Waals surface area (Å²) in [5, 5.41) is 16.0. The molecule has 1 aliphatic rings. The highest BCUT2D eigenvalue weighted by atomic mass is 127. The minimum absolute atomic E-state index is 0. The summed E-state index contributed by atoms with van der Waals surface area (Å²) in [6.07, 6.45) is 3.42. The summed E-state index contributed by atoms with van der Waals surface area (Å²) in [7, 11) is -3.09. The van der Waals surface area contributed by atoms with Gasteiger partial charge in [0, 0.05) is 32.2 Å². The molecule has 0 atom stereocenters. The number of sulfonamides is 1. The molecule has 160 valence electrons. The number of benzene rings is 1. The zero-order valence-electron chi connectivity index (χ0n) is 16.7. The van der Waals surface area contributed by atoms with Gasteiger partial charge in [-0.15, -0.1) is 24.0 Å². The normalized spacial score (nSPS) is 16.4. The van der Waals surface area contributed by atoms with Crippen molar-refractivity contribution >= 4 is 40.0 Å². The van der Waals surface area contributed by atoms with Crippen molar-refractivity contribution in [2.75, 3.05) is 31.9 Å². The van der Waals surface area contributed by atoms with Crippen molar-refractivity contribution in [3.63, 3.8) is 0 Å². The van der Waals surface area contributed by atoms with Crippen LogP contribution in [0.2, 0.25) is 0 Å². The van der Waals surface area contributed by atoms with E-state index in [1.165, 1.54) is 5.56 Å². The van der Waals surface area contributed by atoms with Gasteiger partial charge >= 0.3 is 0 Å². The molecule has 1 fully saturated rings. The van der Waals surface area contributed by atoms with Crippen molar-refractivity contribution in [3.8, 4) is 5.75 Å². The first kappa shape index (κ1) is 25.0. The molecule has 0 aromatic heterocycles. The lowest BCUT2D eigenvalue weighted by Gasteiger charge is -2.32. The van der Waals surface area contributed by atoms with E-state index in [9.17, 15) is 13.5 Å². The molecular formula is C19H33IN4O3S. The van der Waals surface area contributed by atoms with Crippen molar-refractivity contribution in [1.82, 2.24) is 14.9 Å². The van der Waals surface area contributed by atoms with Gasteiger partial charge in [0.05, 0.1) is 5.75 Å². The van der Waals surface area contributed by atoms with Gasteiger partial charge in [0.25, 0.3) is 0 Å². The van der Waals surface area contributed by atoms with Gasteiger partial charge < -0.3 is 15.7 Å². The number of phenolic OH excluding ortho intramolecular Hbond substituents is 1. The first-order valence-corrected chi connectivity index (χ1v) is 11.4. The SMILES string of the molecule is CCNC(=NCCCc1ccc(O)cc1)NC1CCN(S(=O)(=O)CC)CC1.I. The number of rotatable bonds is 8. The number of aromatic hydroxyl groups is 1. The topological polar surface area (TPSA) is 94.0 Å². The van der Waals surface area contributed by atoms with E-state index >= 15 is 0 Å². The van der Waals surface area contributed by atoms with Crippen LogP contribution in [0, 0.1) is 0 Å². The van der Waals surface area contributed by atoms with Crippen molar-refractivity contribution in [2.24, 2.45) is 4.99 Å². The lowest BCUT2D eigenvalue weighted by atomic mass is 10.1. The Morgan fingerprint density at radius 1 is 1.21 bits per heavy atom. The summed E-state index contributed by atoms with van der Waals surface area (Å²) < 4.78 is 25.5. The molecule has 1 saturated heterocycles. The molecule has 0 aliphatic carbocycles. The van der Waals surface area contributed by atoms with E-state index in [0.29, 0.717) is 19.6 Å². The van der Waals surface area contributed by atoms with Gasteiger partial charge in [-0.3, -0.25) is 4.99 Å². The van der Waals surface area contributed by atoms with Crippen LogP contribution in [-0.4, -0.2) is 61.8 Å². The summed E-state index contributed by atoms with van der Waals surface area (Å²) >= 11 is 0. The van der Waals surface area contributed by atoms with Crippen LogP contribution in [0.1, 0.15) is 38.7 Å². The zero-order valence-corrected chi connectivity index (χ0v) is 19.9. The first-order valence-electron chi connectivity index (χ1n) is 9.75. The fourth-order valence-electron chi connectivity index (χ4n) is 3.11. The fourth-order valence-corrected chi connectivity index (χ4v) is 4.24. The number of guanidine groups is 1. The minimum Gasteiger partial charge on any atom is -0.508 e. The number of hydrogen-bond acceptors (Lipinski definition) is 4. The summed E-state index contributed by atoms with van der Waals surface area (Å²) in [5.41, 5.74) is 1.19. The minimum atomic E-state index is -3.09. The Kier molecular flexibility index (Phi) is 11.1. The van der Waals surface area contributed by atoms with E-state index in [-0.39, 0.29) is 41.5 Å². The Morgan fingerprint density at radius 3 is 2.43 bits per heavy atom. The largest absolute Gasteiger partial charge is 0.508 e. The number of nitrogens with zero attached hydrogens (tertiary/aromatic N) is 2. The highest BCUT2D eigenvalue weighted by Gasteiger charge is 2.26. The highest BCUT2D eigenvalue weighted by Crippen LogP contribution is 2.14. The van der Waals surface area contributed by atoms with Crippen LogP contribution >= 0.6 is 24.0 Å². The average Bonchev–Trinajstić information content (AvgIpc) is 2.67. The third kappa shape index (κ3) is 8.12. The van der Waals surface area contributed by atoms with Crippen LogP contribution in [0.5, 0.6) is 5.75 Å². The maximum Gasteiger partial charge on any atom is 0.213 e. The summed E-state index contributed by atoms with van der Waals surface area (Å²) in [5.74, 6) is 1.24. The van der Waals surface area contributed by atoms with Gasteiger partial charge in [-0.25, -0.2) is 12.7 Å². The van der Waals surface area contributed by atoms with Crippen LogP contribution in [0.15, 0.2) is 29.3 Å². The molecule has 0 unspecified atom stereocenters. The van der Waals surface area contributed by atoms with Crippen molar-refractivity contribution in [1.29, 1.82) is 0 Å². The predicted octanol–water partition coefficient (Wildman–Crippen LogP) is 2.31. The van der Waals surface area contributed by atoms with Crippen molar-refractivity contribution < 1.29 is 13.5 Å². The Bertz CT molecular complexity index is 702. The number of piperidine rings is 1. The average molecular weight is 524 g/mol. The molecule has 7 nitrogen and oxygen atoms in total. The maximum atomic E-state index is 12.0. The van der Waals surface area contributed by atoms with Crippen molar-refractivity contribution in [2.45, 2.75) is 45.6 Å². The van der Waals surface area contributed by atoms with Gasteiger partial charge in [-0.2, -0.15) is 0 Å². The number of aliphatic imine (C=N–C) groups is 1. The molecule has 2 rings (SSSR count). The summed E-state index contributed by atoms with van der Waals surface area (Å²) in [4.78, 5) is 4.64. The molecule has 28 heavy (non-hydrogen) atoms. The zero-order chi connectivity index (χ0) is 19.7. The number of aryl methyl sites for hydroxylation is 1. The number of phenols is 1. The lowest BCUT2D eigenvalue weighted by Crippen LogP contribution is -2.50. The quantitative estimate of drug-likeness (QED) is 0.210. The Morgan fingerprint density at radius 2 is 1.86 bits per heavy atom. The Hall–Kier alpha value is -1.07. The third-order valence-corrected chi connectivity index (χ3v) is 6.61. The summed E-state index contributed by atoms with van der Waals surface area (Å²) in [6, 6.07) is 7.51. The molecule has 1 heterocycles. The van der Waals surface area contributed by atoms with Gasteiger partial charge in [0.15, 0.2) is 5.96 Å². The Labute approximate surface area is 186 Å². The van der Waals surface area contributed by atoms with Crippen LogP contribution < -0.4 is 10.6 Å². The molecule has 0 radical (unpaired) electrons. The molecule has 1 aliphatic heterocycles. The monoisotopic (exact) mass is 524 g/mol. The maximum absolute atomic E-state index is 12.0. The van der Waals surface area contributed by atoms with E-state index in [1.54, 1.807) is 23.4 Å². The fraction of sp³-hybridized carbons (Fsp3) is 0.632. The molecular weight excluding hydrogens is 491 g/mol.